The molecule has 0 aliphatic carbocycles. The van der Waals surface area contributed by atoms with Crippen LogP contribution in [0.3, 0.4) is 0 Å². The third kappa shape index (κ3) is 3.85. The summed E-state index contributed by atoms with van der Waals surface area (Å²) in [4.78, 5) is 22.9. The van der Waals surface area contributed by atoms with E-state index in [9.17, 15) is 22.4 Å². The molecule has 138 valence electrons. The summed E-state index contributed by atoms with van der Waals surface area (Å²) in [6.07, 6.45) is -5.28. The van der Waals surface area contributed by atoms with Crippen LogP contribution in [0.1, 0.15) is 6.42 Å². The second-order valence-electron chi connectivity index (χ2n) is 5.38. The van der Waals surface area contributed by atoms with Gasteiger partial charge in [0.2, 0.25) is 0 Å². The molecule has 11 heteroatoms. The standard InChI is InChI=1S/C15H11ClF4N4OS/c1-24-11(7-2-3-8(16)9(17)6-7)21-10-12(24)22-14(23-13(10)25)26-5-4-15(18,19)20/h2-3,6H,4-5H2,1H3,(H,22,23,25). The van der Waals surface area contributed by atoms with Gasteiger partial charge in [-0.25, -0.2) is 14.4 Å². The minimum absolute atomic E-state index is 0.0121. The number of nitrogens with one attached hydrogen (secondary N) is 1. The lowest BCUT2D eigenvalue weighted by molar-refractivity contribution is -0.129. The van der Waals surface area contributed by atoms with Gasteiger partial charge >= 0.3 is 6.18 Å². The molecule has 1 aromatic carbocycles. The quantitative estimate of drug-likeness (QED) is 0.401. The van der Waals surface area contributed by atoms with Crippen LogP contribution in [-0.4, -0.2) is 31.4 Å². The molecule has 26 heavy (non-hydrogen) atoms. The molecule has 5 nitrogen and oxygen atoms in total. The number of rotatable bonds is 4. The summed E-state index contributed by atoms with van der Waals surface area (Å²) in [6.45, 7) is 0. The van der Waals surface area contributed by atoms with E-state index >= 15 is 0 Å². The molecule has 3 aromatic rings. The highest BCUT2D eigenvalue weighted by atomic mass is 35.5. The fraction of sp³-hybridized carbons (Fsp3) is 0.267. The number of aromatic amines is 1. The molecular weight excluding hydrogens is 396 g/mol. The largest absolute Gasteiger partial charge is 0.389 e. The predicted octanol–water partition coefficient (Wildman–Crippen LogP) is 4.16. The highest BCUT2D eigenvalue weighted by Crippen LogP contribution is 2.27. The molecule has 1 N–H and O–H groups in total. The van der Waals surface area contributed by atoms with Gasteiger partial charge in [0.05, 0.1) is 11.4 Å². The van der Waals surface area contributed by atoms with E-state index in [0.717, 1.165) is 11.8 Å². The van der Waals surface area contributed by atoms with Crippen LogP contribution in [0.2, 0.25) is 5.02 Å². The molecule has 0 saturated carbocycles. The highest BCUT2D eigenvalue weighted by Gasteiger charge is 2.26. The summed E-state index contributed by atoms with van der Waals surface area (Å²) in [6, 6.07) is 4.08. The van der Waals surface area contributed by atoms with E-state index in [-0.39, 0.29) is 32.9 Å². The lowest BCUT2D eigenvalue weighted by atomic mass is 10.2. The predicted molar refractivity (Wildman–Crippen MR) is 90.9 cm³/mol. The monoisotopic (exact) mass is 406 g/mol. The number of alkyl halides is 3. The fourth-order valence-corrected chi connectivity index (χ4v) is 3.24. The van der Waals surface area contributed by atoms with Gasteiger partial charge in [-0.05, 0) is 18.2 Å². The van der Waals surface area contributed by atoms with Crippen molar-refractivity contribution in [3.05, 3.63) is 39.4 Å². The minimum atomic E-state index is -4.28. The molecule has 0 spiro atoms. The van der Waals surface area contributed by atoms with Crippen LogP contribution in [0, 0.1) is 5.82 Å². The molecule has 2 heterocycles. The zero-order valence-electron chi connectivity index (χ0n) is 13.2. The maximum Gasteiger partial charge on any atom is 0.389 e. The van der Waals surface area contributed by atoms with Crippen molar-refractivity contribution in [3.8, 4) is 11.4 Å². The lowest BCUT2D eigenvalue weighted by Gasteiger charge is -2.05. The number of halogens is 5. The van der Waals surface area contributed by atoms with Crippen molar-refractivity contribution in [1.82, 2.24) is 19.5 Å². The maximum atomic E-state index is 13.7. The fourth-order valence-electron chi connectivity index (χ4n) is 2.28. The normalized spacial score (nSPS) is 12.1. The van der Waals surface area contributed by atoms with Gasteiger partial charge < -0.3 is 4.57 Å². The Morgan fingerprint density at radius 1 is 1.31 bits per heavy atom. The van der Waals surface area contributed by atoms with E-state index < -0.39 is 24.0 Å². The van der Waals surface area contributed by atoms with E-state index in [1.54, 1.807) is 13.1 Å². The Labute approximate surface area is 153 Å². The Balaban J connectivity index is 1.99. The minimum Gasteiger partial charge on any atom is -0.312 e. The molecular formula is C15H11ClF4N4OS. The van der Waals surface area contributed by atoms with Crippen LogP contribution in [0.4, 0.5) is 17.6 Å². The first kappa shape index (κ1) is 18.7. The Morgan fingerprint density at radius 3 is 2.69 bits per heavy atom. The zero-order valence-corrected chi connectivity index (χ0v) is 14.8. The van der Waals surface area contributed by atoms with Crippen molar-refractivity contribution < 1.29 is 17.6 Å². The lowest BCUT2D eigenvalue weighted by Crippen LogP contribution is -2.11. The average Bonchev–Trinajstić information content (AvgIpc) is 2.87. The second-order valence-corrected chi connectivity index (χ2v) is 6.87. The first-order valence-electron chi connectivity index (χ1n) is 7.27. The van der Waals surface area contributed by atoms with Crippen molar-refractivity contribution in [2.75, 3.05) is 5.75 Å². The third-order valence-corrected chi connectivity index (χ3v) is 4.69. The molecule has 0 saturated heterocycles. The molecule has 3 rings (SSSR count). The zero-order chi connectivity index (χ0) is 19.1. The van der Waals surface area contributed by atoms with Crippen LogP contribution >= 0.6 is 23.4 Å². The van der Waals surface area contributed by atoms with Crippen LogP contribution in [0.5, 0.6) is 0 Å². The molecule has 0 amide bonds. The van der Waals surface area contributed by atoms with E-state index in [0.29, 0.717) is 5.56 Å². The Morgan fingerprint density at radius 2 is 2.04 bits per heavy atom. The number of benzene rings is 1. The van der Waals surface area contributed by atoms with Gasteiger partial charge in [-0.1, -0.05) is 23.4 Å². The molecule has 0 aliphatic rings. The van der Waals surface area contributed by atoms with Crippen LogP contribution in [0.25, 0.3) is 22.6 Å². The molecule has 0 aliphatic heterocycles. The van der Waals surface area contributed by atoms with E-state index in [1.807, 2.05) is 0 Å². The van der Waals surface area contributed by atoms with Crippen molar-refractivity contribution in [1.29, 1.82) is 0 Å². The second kappa shape index (κ2) is 6.92. The van der Waals surface area contributed by atoms with Crippen LogP contribution in [-0.2, 0) is 7.05 Å². The SMILES string of the molecule is Cn1c(-c2ccc(Cl)c(F)c2)nc2c(=O)[nH]c(SCCC(F)(F)F)nc21. The van der Waals surface area contributed by atoms with Gasteiger partial charge in [0, 0.05) is 18.4 Å². The van der Waals surface area contributed by atoms with Crippen molar-refractivity contribution in [3.63, 3.8) is 0 Å². The summed E-state index contributed by atoms with van der Waals surface area (Å²) < 4.78 is 51.9. The number of H-pyrrole nitrogens is 1. The van der Waals surface area contributed by atoms with Gasteiger partial charge in [-0.15, -0.1) is 0 Å². The molecule has 0 atom stereocenters. The molecule has 0 unspecified atom stereocenters. The van der Waals surface area contributed by atoms with E-state index in [4.69, 9.17) is 11.6 Å². The maximum absolute atomic E-state index is 13.7. The van der Waals surface area contributed by atoms with E-state index in [2.05, 4.69) is 15.0 Å². The number of nitrogens with zero attached hydrogens (tertiary/aromatic N) is 3. The number of aryl methyl sites for hydroxylation is 1. The summed E-state index contributed by atoms with van der Waals surface area (Å²) in [5, 5.41) is 0.00965. The summed E-state index contributed by atoms with van der Waals surface area (Å²) >= 11 is 6.45. The first-order chi connectivity index (χ1) is 12.2. The molecule has 0 bridgehead atoms. The summed E-state index contributed by atoms with van der Waals surface area (Å²) in [5.74, 6) is -0.627. The van der Waals surface area contributed by atoms with Crippen LogP contribution < -0.4 is 5.56 Å². The highest BCUT2D eigenvalue weighted by molar-refractivity contribution is 7.99. The van der Waals surface area contributed by atoms with Gasteiger partial charge in [0.15, 0.2) is 16.3 Å². The number of thioether (sulfide) groups is 1. The van der Waals surface area contributed by atoms with Crippen LogP contribution in [0.15, 0.2) is 28.2 Å². The Hall–Kier alpha value is -2.07. The number of aromatic nitrogens is 4. The van der Waals surface area contributed by atoms with E-state index in [1.165, 1.54) is 16.7 Å². The molecule has 2 aromatic heterocycles. The number of imidazole rings is 1. The smallest absolute Gasteiger partial charge is 0.312 e. The van der Waals surface area contributed by atoms with Gasteiger partial charge in [0.25, 0.3) is 5.56 Å². The number of fused-ring (bicyclic) bond motifs is 1. The van der Waals surface area contributed by atoms with Crippen molar-refractivity contribution in [2.45, 2.75) is 17.8 Å². The van der Waals surface area contributed by atoms with Gasteiger partial charge in [-0.2, -0.15) is 13.2 Å². The van der Waals surface area contributed by atoms with Gasteiger partial charge in [0.1, 0.15) is 11.6 Å². The molecule has 0 fully saturated rings. The van der Waals surface area contributed by atoms with Crippen molar-refractivity contribution >= 4 is 34.5 Å². The summed E-state index contributed by atoms with van der Waals surface area (Å²) in [5.41, 5.74) is 0.00511. The Kier molecular flexibility index (Phi) is 4.98. The number of hydrogen-bond acceptors (Lipinski definition) is 4. The van der Waals surface area contributed by atoms with Crippen molar-refractivity contribution in [2.24, 2.45) is 7.05 Å². The third-order valence-electron chi connectivity index (χ3n) is 3.51. The first-order valence-corrected chi connectivity index (χ1v) is 8.64. The summed E-state index contributed by atoms with van der Waals surface area (Å²) in [7, 11) is 1.58. The molecule has 0 radical (unpaired) electrons. The average molecular weight is 407 g/mol. The number of hydrogen-bond donors (Lipinski definition) is 1. The Bertz CT molecular complexity index is 1030. The van der Waals surface area contributed by atoms with Gasteiger partial charge in [-0.3, -0.25) is 9.78 Å². The topological polar surface area (TPSA) is 63.6 Å².